The smallest absolute Gasteiger partial charge is 0.325 e. The van der Waals surface area contributed by atoms with Gasteiger partial charge in [-0.2, -0.15) is 0 Å². The van der Waals surface area contributed by atoms with Gasteiger partial charge in [0.2, 0.25) is 0 Å². The predicted molar refractivity (Wildman–Crippen MR) is 82.7 cm³/mol. The van der Waals surface area contributed by atoms with Crippen molar-refractivity contribution in [2.75, 3.05) is 26.1 Å². The van der Waals surface area contributed by atoms with Crippen LogP contribution >= 0.6 is 0 Å². The Morgan fingerprint density at radius 1 is 1.05 bits per heavy atom. The van der Waals surface area contributed by atoms with Gasteiger partial charge in [-0.25, -0.2) is 0 Å². The van der Waals surface area contributed by atoms with Gasteiger partial charge in [-0.15, -0.1) is 0 Å². The van der Waals surface area contributed by atoms with Crippen molar-refractivity contribution >= 4 is 11.7 Å². The van der Waals surface area contributed by atoms with Crippen LogP contribution in [0, 0.1) is 0 Å². The van der Waals surface area contributed by atoms with Gasteiger partial charge in [0.25, 0.3) is 0 Å². The lowest BCUT2D eigenvalue weighted by atomic mass is 10.0. The molecule has 2 aromatic rings. The van der Waals surface area contributed by atoms with Crippen LogP contribution in [-0.4, -0.2) is 26.7 Å². The second-order valence-corrected chi connectivity index (χ2v) is 4.65. The van der Waals surface area contributed by atoms with Gasteiger partial charge in [0.05, 0.1) is 14.2 Å². The van der Waals surface area contributed by atoms with Crippen LogP contribution in [-0.2, 0) is 16.0 Å². The summed E-state index contributed by atoms with van der Waals surface area (Å²) in [5.41, 5.74) is 3.29. The molecule has 1 N–H and O–H groups in total. The number of hydrogen-bond donors (Lipinski definition) is 1. The van der Waals surface area contributed by atoms with Gasteiger partial charge < -0.3 is 14.8 Å². The van der Waals surface area contributed by atoms with Crippen molar-refractivity contribution in [2.24, 2.45) is 0 Å². The van der Waals surface area contributed by atoms with Crippen molar-refractivity contribution in [1.29, 1.82) is 0 Å². The molecular weight excluding hydrogens is 266 g/mol. The summed E-state index contributed by atoms with van der Waals surface area (Å²) in [5, 5.41) is 3.05. The van der Waals surface area contributed by atoms with Crippen molar-refractivity contribution in [3.05, 3.63) is 59.7 Å². The molecule has 0 atom stereocenters. The average molecular weight is 285 g/mol. The highest BCUT2D eigenvalue weighted by Gasteiger charge is 2.02. The number of anilines is 1. The van der Waals surface area contributed by atoms with E-state index in [-0.39, 0.29) is 12.5 Å². The first-order chi connectivity index (χ1) is 10.2. The number of ether oxygens (including phenoxy) is 2. The molecule has 4 heteroatoms. The molecule has 0 aliphatic rings. The fourth-order valence-electron chi connectivity index (χ4n) is 2.02. The topological polar surface area (TPSA) is 47.6 Å². The maximum absolute atomic E-state index is 11.1. The number of carbonyl (C=O) groups is 1. The van der Waals surface area contributed by atoms with E-state index in [2.05, 4.69) is 16.1 Å². The van der Waals surface area contributed by atoms with Crippen LogP contribution in [0.5, 0.6) is 5.75 Å². The maximum Gasteiger partial charge on any atom is 0.325 e. The Bertz CT molecular complexity index is 593. The number of benzene rings is 2. The molecule has 0 fully saturated rings. The minimum atomic E-state index is -0.282. The SMILES string of the molecule is COC(=O)CNc1cccc(Cc2ccc(OC)cc2)c1. The third kappa shape index (κ3) is 4.53. The Hall–Kier alpha value is -2.49. The van der Waals surface area contributed by atoms with E-state index in [0.29, 0.717) is 0 Å². The van der Waals surface area contributed by atoms with Crippen molar-refractivity contribution in [1.82, 2.24) is 0 Å². The van der Waals surface area contributed by atoms with Gasteiger partial charge in [0, 0.05) is 5.69 Å². The number of methoxy groups -OCH3 is 2. The molecule has 0 bridgehead atoms. The van der Waals surface area contributed by atoms with E-state index in [1.54, 1.807) is 7.11 Å². The fraction of sp³-hybridized carbons (Fsp3) is 0.235. The number of rotatable bonds is 6. The van der Waals surface area contributed by atoms with Crippen molar-refractivity contribution in [3.63, 3.8) is 0 Å². The minimum absolute atomic E-state index is 0.169. The third-order valence-electron chi connectivity index (χ3n) is 3.16. The van der Waals surface area contributed by atoms with Gasteiger partial charge in [-0.05, 0) is 41.8 Å². The summed E-state index contributed by atoms with van der Waals surface area (Å²) in [7, 11) is 3.04. The number of carbonyl (C=O) groups excluding carboxylic acids is 1. The summed E-state index contributed by atoms with van der Waals surface area (Å²) in [4.78, 5) is 11.1. The van der Waals surface area contributed by atoms with Crippen molar-refractivity contribution < 1.29 is 14.3 Å². The maximum atomic E-state index is 11.1. The van der Waals surface area contributed by atoms with Crippen LogP contribution < -0.4 is 10.1 Å². The van der Waals surface area contributed by atoms with Crippen LogP contribution in [0.15, 0.2) is 48.5 Å². The second-order valence-electron chi connectivity index (χ2n) is 4.65. The average Bonchev–Trinajstić information content (AvgIpc) is 2.53. The Kier molecular flexibility index (Phi) is 5.21. The first-order valence-electron chi connectivity index (χ1n) is 6.74. The third-order valence-corrected chi connectivity index (χ3v) is 3.16. The second kappa shape index (κ2) is 7.33. The molecule has 0 aromatic heterocycles. The lowest BCUT2D eigenvalue weighted by molar-refractivity contribution is -0.138. The summed E-state index contributed by atoms with van der Waals surface area (Å²) in [6.07, 6.45) is 0.831. The number of esters is 1. The van der Waals surface area contributed by atoms with E-state index >= 15 is 0 Å². The van der Waals surface area contributed by atoms with E-state index in [1.165, 1.54) is 18.2 Å². The monoisotopic (exact) mass is 285 g/mol. The van der Waals surface area contributed by atoms with E-state index < -0.39 is 0 Å². The molecule has 4 nitrogen and oxygen atoms in total. The molecular formula is C17H19NO3. The largest absolute Gasteiger partial charge is 0.497 e. The lowest BCUT2D eigenvalue weighted by Crippen LogP contribution is -2.14. The predicted octanol–water partition coefficient (Wildman–Crippen LogP) is 2.87. The molecule has 0 saturated carbocycles. The van der Waals surface area contributed by atoms with Crippen LogP contribution in [0.3, 0.4) is 0 Å². The molecule has 0 spiro atoms. The zero-order valence-corrected chi connectivity index (χ0v) is 12.3. The first kappa shape index (κ1) is 14.9. The summed E-state index contributed by atoms with van der Waals surface area (Å²) in [6, 6.07) is 16.0. The molecule has 0 aliphatic heterocycles. The molecule has 0 radical (unpaired) electrons. The first-order valence-corrected chi connectivity index (χ1v) is 6.74. The van der Waals surface area contributed by atoms with Gasteiger partial charge >= 0.3 is 5.97 Å². The molecule has 0 amide bonds. The van der Waals surface area contributed by atoms with Gasteiger partial charge in [-0.1, -0.05) is 24.3 Å². The molecule has 0 heterocycles. The number of nitrogens with one attached hydrogen (secondary N) is 1. The molecule has 2 aromatic carbocycles. The van der Waals surface area contributed by atoms with E-state index in [0.717, 1.165) is 17.9 Å². The molecule has 21 heavy (non-hydrogen) atoms. The molecule has 0 unspecified atom stereocenters. The fourth-order valence-corrected chi connectivity index (χ4v) is 2.02. The van der Waals surface area contributed by atoms with Crippen LogP contribution in [0.25, 0.3) is 0 Å². The number of hydrogen-bond acceptors (Lipinski definition) is 4. The van der Waals surface area contributed by atoms with Crippen LogP contribution in [0.2, 0.25) is 0 Å². The van der Waals surface area contributed by atoms with E-state index in [9.17, 15) is 4.79 Å². The van der Waals surface area contributed by atoms with Crippen LogP contribution in [0.4, 0.5) is 5.69 Å². The Balaban J connectivity index is 2.01. The molecule has 0 aliphatic carbocycles. The van der Waals surface area contributed by atoms with E-state index in [1.807, 2.05) is 42.5 Å². The quantitative estimate of drug-likeness (QED) is 0.829. The van der Waals surface area contributed by atoms with Crippen LogP contribution in [0.1, 0.15) is 11.1 Å². The Morgan fingerprint density at radius 3 is 2.48 bits per heavy atom. The summed E-state index contributed by atoms with van der Waals surface area (Å²) in [5.74, 6) is 0.572. The molecule has 2 rings (SSSR count). The van der Waals surface area contributed by atoms with Gasteiger partial charge in [0.15, 0.2) is 0 Å². The zero-order chi connectivity index (χ0) is 15.1. The van der Waals surface area contributed by atoms with Gasteiger partial charge in [0.1, 0.15) is 12.3 Å². The summed E-state index contributed by atoms with van der Waals surface area (Å²) in [6.45, 7) is 0.169. The highest BCUT2D eigenvalue weighted by molar-refractivity contribution is 5.74. The standard InChI is InChI=1S/C17H19NO3/c1-20-16-8-6-13(7-9-16)10-14-4-3-5-15(11-14)18-12-17(19)21-2/h3-9,11,18H,10,12H2,1-2H3. The van der Waals surface area contributed by atoms with Gasteiger partial charge in [-0.3, -0.25) is 4.79 Å². The highest BCUT2D eigenvalue weighted by Crippen LogP contribution is 2.17. The Morgan fingerprint density at radius 2 is 1.81 bits per heavy atom. The minimum Gasteiger partial charge on any atom is -0.497 e. The van der Waals surface area contributed by atoms with E-state index in [4.69, 9.17) is 4.74 Å². The van der Waals surface area contributed by atoms with Crippen molar-refractivity contribution in [3.8, 4) is 5.75 Å². The lowest BCUT2D eigenvalue weighted by Gasteiger charge is -2.08. The summed E-state index contributed by atoms with van der Waals surface area (Å²) >= 11 is 0. The Labute approximate surface area is 124 Å². The summed E-state index contributed by atoms with van der Waals surface area (Å²) < 4.78 is 9.76. The normalized spacial score (nSPS) is 10.0. The molecule has 0 saturated heterocycles. The van der Waals surface area contributed by atoms with Crippen molar-refractivity contribution in [2.45, 2.75) is 6.42 Å². The highest BCUT2D eigenvalue weighted by atomic mass is 16.5. The zero-order valence-electron chi connectivity index (χ0n) is 12.3. The molecule has 110 valence electrons.